The summed E-state index contributed by atoms with van der Waals surface area (Å²) in [5.41, 5.74) is 0. The molecule has 0 saturated heterocycles. The number of amides is 1. The number of carbonyl (C=O) groups excluding carboxylic acids is 1. The van der Waals surface area contributed by atoms with Crippen LogP contribution in [0.3, 0.4) is 0 Å². The van der Waals surface area contributed by atoms with Gasteiger partial charge in [0.2, 0.25) is 5.91 Å². The van der Waals surface area contributed by atoms with Crippen LogP contribution in [0.2, 0.25) is 0 Å². The number of unbranched alkanes of at least 4 members (excludes halogenated alkanes) is 1. The number of hydrogen-bond acceptors (Lipinski definition) is 3. The molecule has 3 N–H and O–H groups in total. The molecule has 1 rings (SSSR count). The quantitative estimate of drug-likeness (QED) is 0.554. The molecule has 1 aliphatic carbocycles. The van der Waals surface area contributed by atoms with Gasteiger partial charge in [-0.2, -0.15) is 0 Å². The minimum Gasteiger partial charge on any atom is -0.396 e. The van der Waals surface area contributed by atoms with Crippen molar-refractivity contribution in [3.8, 4) is 0 Å². The van der Waals surface area contributed by atoms with Crippen LogP contribution in [-0.2, 0) is 4.79 Å². The Morgan fingerprint density at radius 3 is 2.82 bits per heavy atom. The monoisotopic (exact) mass is 242 g/mol. The van der Waals surface area contributed by atoms with Gasteiger partial charge in [-0.05, 0) is 37.6 Å². The van der Waals surface area contributed by atoms with E-state index in [1.54, 1.807) is 0 Å². The fourth-order valence-corrected chi connectivity index (χ4v) is 2.46. The summed E-state index contributed by atoms with van der Waals surface area (Å²) in [6, 6.07) is 0. The Hall–Kier alpha value is -0.610. The average Bonchev–Trinajstić information content (AvgIpc) is 2.77. The smallest absolute Gasteiger partial charge is 0.233 e. The molecular weight excluding hydrogens is 216 g/mol. The maximum absolute atomic E-state index is 11.4. The number of rotatable bonds is 8. The minimum absolute atomic E-state index is 0.0806. The van der Waals surface area contributed by atoms with E-state index in [0.29, 0.717) is 18.4 Å². The Morgan fingerprint density at radius 1 is 1.35 bits per heavy atom. The third kappa shape index (κ3) is 5.50. The van der Waals surface area contributed by atoms with Crippen molar-refractivity contribution in [1.82, 2.24) is 10.6 Å². The van der Waals surface area contributed by atoms with Crippen LogP contribution in [0.15, 0.2) is 0 Å². The van der Waals surface area contributed by atoms with Gasteiger partial charge in [0.25, 0.3) is 0 Å². The van der Waals surface area contributed by atoms with Gasteiger partial charge in [-0.25, -0.2) is 0 Å². The van der Waals surface area contributed by atoms with E-state index in [0.717, 1.165) is 32.4 Å². The third-order valence-corrected chi connectivity index (χ3v) is 3.60. The second kappa shape index (κ2) is 8.48. The van der Waals surface area contributed by atoms with E-state index in [1.165, 1.54) is 12.8 Å². The second-order valence-corrected chi connectivity index (χ2v) is 4.97. The van der Waals surface area contributed by atoms with E-state index < -0.39 is 0 Å². The van der Waals surface area contributed by atoms with E-state index in [2.05, 4.69) is 17.6 Å². The van der Waals surface area contributed by atoms with Gasteiger partial charge >= 0.3 is 0 Å². The van der Waals surface area contributed by atoms with E-state index >= 15 is 0 Å². The summed E-state index contributed by atoms with van der Waals surface area (Å²) >= 11 is 0. The number of hydrogen-bond donors (Lipinski definition) is 3. The lowest BCUT2D eigenvalue weighted by molar-refractivity contribution is -0.120. The average molecular weight is 242 g/mol. The summed E-state index contributed by atoms with van der Waals surface area (Å²) in [5.74, 6) is 1.06. The SMILES string of the molecule is CCCCNC(=O)CNCC1CCCC1CO. The molecule has 0 aromatic carbocycles. The van der Waals surface area contributed by atoms with Crippen LogP contribution in [0.1, 0.15) is 39.0 Å². The van der Waals surface area contributed by atoms with Crippen LogP contribution in [0.5, 0.6) is 0 Å². The Labute approximate surface area is 104 Å². The lowest BCUT2D eigenvalue weighted by Crippen LogP contribution is -2.37. The largest absolute Gasteiger partial charge is 0.396 e. The van der Waals surface area contributed by atoms with Gasteiger partial charge in [-0.3, -0.25) is 4.79 Å². The van der Waals surface area contributed by atoms with Gasteiger partial charge in [0.05, 0.1) is 6.54 Å². The highest BCUT2D eigenvalue weighted by molar-refractivity contribution is 5.77. The standard InChI is InChI=1S/C13H26N2O2/c1-2-3-7-15-13(17)9-14-8-11-5-4-6-12(11)10-16/h11-12,14,16H,2-10H2,1H3,(H,15,17). The van der Waals surface area contributed by atoms with E-state index in [1.807, 2.05) is 0 Å². The second-order valence-electron chi connectivity index (χ2n) is 4.97. The molecular formula is C13H26N2O2. The summed E-state index contributed by atoms with van der Waals surface area (Å²) < 4.78 is 0. The van der Waals surface area contributed by atoms with Crippen LogP contribution >= 0.6 is 0 Å². The summed E-state index contributed by atoms with van der Waals surface area (Å²) in [7, 11) is 0. The van der Waals surface area contributed by atoms with Gasteiger partial charge in [0, 0.05) is 13.2 Å². The van der Waals surface area contributed by atoms with E-state index in [-0.39, 0.29) is 12.5 Å². The normalized spacial score (nSPS) is 23.9. The Kier molecular flexibility index (Phi) is 7.21. The van der Waals surface area contributed by atoms with Gasteiger partial charge in [-0.1, -0.05) is 19.8 Å². The van der Waals surface area contributed by atoms with Crippen molar-refractivity contribution in [1.29, 1.82) is 0 Å². The third-order valence-electron chi connectivity index (χ3n) is 3.60. The van der Waals surface area contributed by atoms with Crippen LogP contribution in [0.25, 0.3) is 0 Å². The first-order valence-electron chi connectivity index (χ1n) is 6.86. The first kappa shape index (κ1) is 14.5. The Bertz CT molecular complexity index is 221. The minimum atomic E-state index is 0.0806. The molecule has 2 unspecified atom stereocenters. The fraction of sp³-hybridized carbons (Fsp3) is 0.923. The van der Waals surface area contributed by atoms with E-state index in [9.17, 15) is 9.90 Å². The zero-order chi connectivity index (χ0) is 12.5. The summed E-state index contributed by atoms with van der Waals surface area (Å²) in [6.45, 7) is 4.43. The Morgan fingerprint density at radius 2 is 2.12 bits per heavy atom. The van der Waals surface area contributed by atoms with Crippen molar-refractivity contribution >= 4 is 5.91 Å². The molecule has 0 aromatic heterocycles. The first-order valence-corrected chi connectivity index (χ1v) is 6.86. The molecule has 0 aliphatic heterocycles. The molecule has 2 atom stereocenters. The molecule has 1 amide bonds. The highest BCUT2D eigenvalue weighted by Crippen LogP contribution is 2.30. The number of aliphatic hydroxyl groups excluding tert-OH is 1. The van der Waals surface area contributed by atoms with Crippen molar-refractivity contribution in [3.05, 3.63) is 0 Å². The Balaban J connectivity index is 2.04. The topological polar surface area (TPSA) is 61.4 Å². The molecule has 0 aromatic rings. The zero-order valence-electron chi connectivity index (χ0n) is 10.9. The van der Waals surface area contributed by atoms with Crippen LogP contribution in [0, 0.1) is 11.8 Å². The van der Waals surface area contributed by atoms with Crippen molar-refractivity contribution in [2.24, 2.45) is 11.8 Å². The molecule has 0 bridgehead atoms. The number of aliphatic hydroxyl groups is 1. The predicted molar refractivity (Wildman–Crippen MR) is 68.7 cm³/mol. The lowest BCUT2D eigenvalue weighted by atomic mass is 9.97. The van der Waals surface area contributed by atoms with E-state index in [4.69, 9.17) is 0 Å². The van der Waals surface area contributed by atoms with Crippen LogP contribution in [-0.4, -0.2) is 37.3 Å². The molecule has 17 heavy (non-hydrogen) atoms. The molecule has 1 aliphatic rings. The summed E-state index contributed by atoms with van der Waals surface area (Å²) in [6.07, 6.45) is 5.66. The molecule has 100 valence electrons. The van der Waals surface area contributed by atoms with Crippen molar-refractivity contribution in [2.75, 3.05) is 26.2 Å². The van der Waals surface area contributed by atoms with Gasteiger partial charge in [0.15, 0.2) is 0 Å². The van der Waals surface area contributed by atoms with Gasteiger partial charge in [0.1, 0.15) is 0 Å². The predicted octanol–water partition coefficient (Wildman–Crippen LogP) is 0.901. The molecule has 1 fully saturated rings. The maximum Gasteiger partial charge on any atom is 0.233 e. The number of nitrogens with one attached hydrogen (secondary N) is 2. The van der Waals surface area contributed by atoms with Gasteiger partial charge < -0.3 is 15.7 Å². The van der Waals surface area contributed by atoms with Crippen molar-refractivity contribution in [3.63, 3.8) is 0 Å². The number of carbonyl (C=O) groups is 1. The maximum atomic E-state index is 11.4. The van der Waals surface area contributed by atoms with Crippen LogP contribution < -0.4 is 10.6 Å². The zero-order valence-corrected chi connectivity index (χ0v) is 10.9. The molecule has 0 radical (unpaired) electrons. The summed E-state index contributed by atoms with van der Waals surface area (Å²) in [4.78, 5) is 11.4. The molecule has 4 heteroatoms. The molecule has 1 saturated carbocycles. The molecule has 4 nitrogen and oxygen atoms in total. The lowest BCUT2D eigenvalue weighted by Gasteiger charge is -2.17. The van der Waals surface area contributed by atoms with Crippen molar-refractivity contribution < 1.29 is 9.90 Å². The highest BCUT2D eigenvalue weighted by Gasteiger charge is 2.25. The van der Waals surface area contributed by atoms with Gasteiger partial charge in [-0.15, -0.1) is 0 Å². The first-order chi connectivity index (χ1) is 8.27. The van der Waals surface area contributed by atoms with Crippen molar-refractivity contribution in [2.45, 2.75) is 39.0 Å². The highest BCUT2D eigenvalue weighted by atomic mass is 16.3. The molecule has 0 spiro atoms. The molecule has 0 heterocycles. The summed E-state index contributed by atoms with van der Waals surface area (Å²) in [5, 5.41) is 15.3. The van der Waals surface area contributed by atoms with Crippen LogP contribution in [0.4, 0.5) is 0 Å². The fourth-order valence-electron chi connectivity index (χ4n) is 2.46.